The summed E-state index contributed by atoms with van der Waals surface area (Å²) in [6.45, 7) is 0.869. The first-order valence-corrected chi connectivity index (χ1v) is 12.6. The SMILES string of the molecule is Cl.Cl.Cl.Cl.NC(=NCc1ccncc1)N/N=C/c1c2ccccc2c(/C=N/NC(N)=NCc2ccncc2)c2ccccc12. The number of hydrazone groups is 2. The first-order valence-electron chi connectivity index (χ1n) is 12.6. The van der Waals surface area contributed by atoms with Crippen LogP contribution in [0.3, 0.4) is 0 Å². The van der Waals surface area contributed by atoms with E-state index in [0.717, 1.165) is 43.8 Å². The Morgan fingerprint density at radius 1 is 0.545 bits per heavy atom. The van der Waals surface area contributed by atoms with E-state index in [-0.39, 0.29) is 61.5 Å². The zero-order valence-electron chi connectivity index (χ0n) is 23.3. The predicted octanol–water partition coefficient (Wildman–Crippen LogP) is 5.35. The maximum atomic E-state index is 6.03. The Bertz CT molecular complexity index is 1550. The third kappa shape index (κ3) is 9.78. The number of nitrogens with two attached hydrogens (primary N) is 2. The van der Waals surface area contributed by atoms with Crippen LogP contribution in [-0.2, 0) is 13.1 Å². The Kier molecular flexibility index (Phi) is 16.2. The number of rotatable bonds is 8. The number of aromatic nitrogens is 2. The van der Waals surface area contributed by atoms with Gasteiger partial charge in [-0.15, -0.1) is 49.6 Å². The van der Waals surface area contributed by atoms with Crippen LogP contribution in [0.15, 0.2) is 118 Å². The van der Waals surface area contributed by atoms with Gasteiger partial charge < -0.3 is 11.5 Å². The minimum atomic E-state index is 0. The highest BCUT2D eigenvalue weighted by molar-refractivity contribution is 6.21. The lowest BCUT2D eigenvalue weighted by Gasteiger charge is -2.12. The van der Waals surface area contributed by atoms with Crippen LogP contribution in [0.25, 0.3) is 21.5 Å². The molecule has 230 valence electrons. The molecule has 0 bridgehead atoms. The van der Waals surface area contributed by atoms with Crippen molar-refractivity contribution in [3.63, 3.8) is 0 Å². The number of hydrogen-bond donors (Lipinski definition) is 4. The maximum Gasteiger partial charge on any atom is 0.209 e. The Morgan fingerprint density at radius 2 is 0.864 bits per heavy atom. The van der Waals surface area contributed by atoms with Gasteiger partial charge >= 0.3 is 0 Å². The van der Waals surface area contributed by atoms with Crippen LogP contribution in [0, 0.1) is 0 Å². The monoisotopic (exact) mass is 672 g/mol. The molecule has 0 saturated heterocycles. The molecule has 0 amide bonds. The van der Waals surface area contributed by atoms with E-state index < -0.39 is 0 Å². The van der Waals surface area contributed by atoms with Gasteiger partial charge in [0, 0.05) is 35.9 Å². The smallest absolute Gasteiger partial charge is 0.209 e. The van der Waals surface area contributed by atoms with Gasteiger partial charge in [0.15, 0.2) is 0 Å². The van der Waals surface area contributed by atoms with Crippen molar-refractivity contribution >= 4 is 95.5 Å². The molecule has 0 unspecified atom stereocenters. The van der Waals surface area contributed by atoms with E-state index in [9.17, 15) is 0 Å². The third-order valence-electron chi connectivity index (χ3n) is 6.12. The van der Waals surface area contributed by atoms with E-state index in [1.807, 2.05) is 48.5 Å². The number of hydrogen-bond acceptors (Lipinski definition) is 6. The van der Waals surface area contributed by atoms with Crippen molar-refractivity contribution in [3.8, 4) is 0 Å². The van der Waals surface area contributed by atoms with Gasteiger partial charge in [-0.1, -0.05) is 48.5 Å². The number of halogens is 4. The summed E-state index contributed by atoms with van der Waals surface area (Å²) >= 11 is 0. The van der Waals surface area contributed by atoms with Crippen molar-refractivity contribution in [2.24, 2.45) is 31.7 Å². The Labute approximate surface area is 279 Å². The van der Waals surface area contributed by atoms with E-state index >= 15 is 0 Å². The molecule has 0 spiro atoms. The zero-order chi connectivity index (χ0) is 27.6. The molecular formula is C30H32Cl4N10. The molecule has 3 aromatic carbocycles. The summed E-state index contributed by atoms with van der Waals surface area (Å²) in [6, 6.07) is 23.8. The molecule has 10 nitrogen and oxygen atoms in total. The normalized spacial score (nSPS) is 11.4. The maximum absolute atomic E-state index is 6.03. The van der Waals surface area contributed by atoms with Crippen LogP contribution < -0.4 is 22.3 Å². The molecule has 5 aromatic rings. The second-order valence-electron chi connectivity index (χ2n) is 8.77. The molecular weight excluding hydrogens is 642 g/mol. The average molecular weight is 674 g/mol. The van der Waals surface area contributed by atoms with Crippen LogP contribution in [0.5, 0.6) is 0 Å². The molecule has 0 aliphatic rings. The van der Waals surface area contributed by atoms with Crippen LogP contribution in [0.2, 0.25) is 0 Å². The fourth-order valence-corrected chi connectivity index (χ4v) is 4.20. The number of benzene rings is 3. The molecule has 2 aromatic heterocycles. The van der Waals surface area contributed by atoms with Crippen molar-refractivity contribution in [2.75, 3.05) is 0 Å². The van der Waals surface area contributed by atoms with Gasteiger partial charge in [0.25, 0.3) is 0 Å². The highest BCUT2D eigenvalue weighted by atomic mass is 35.5. The van der Waals surface area contributed by atoms with E-state index in [2.05, 4.69) is 65.3 Å². The largest absolute Gasteiger partial charge is 0.369 e. The average Bonchev–Trinajstić information content (AvgIpc) is 3.01. The van der Waals surface area contributed by atoms with Gasteiger partial charge in [-0.3, -0.25) is 9.97 Å². The van der Waals surface area contributed by atoms with Gasteiger partial charge in [0.05, 0.1) is 25.5 Å². The van der Waals surface area contributed by atoms with E-state index in [1.54, 1.807) is 37.2 Å². The number of nitrogens with zero attached hydrogens (tertiary/aromatic N) is 6. The standard InChI is InChI=1S/C30H28N10.4ClH/c31-29(35-17-21-9-13-33-14-10-21)39-37-19-27-23-5-1-2-6-24(23)28(26-8-4-3-7-25(26)27)20-38-40-30(32)36-18-22-11-15-34-16-12-22;;;;/h1-16,19-20H,17-18H2,(H3,31,35,39)(H3,32,36,40);4*1H/b37-19+,38-20+;;;;. The molecule has 0 atom stereocenters. The summed E-state index contributed by atoms with van der Waals surface area (Å²) in [6.07, 6.45) is 10.4. The molecule has 2 heterocycles. The highest BCUT2D eigenvalue weighted by Crippen LogP contribution is 2.31. The minimum Gasteiger partial charge on any atom is -0.369 e. The van der Waals surface area contributed by atoms with Gasteiger partial charge in [-0.2, -0.15) is 10.2 Å². The lowest BCUT2D eigenvalue weighted by Crippen LogP contribution is -2.27. The summed E-state index contributed by atoms with van der Waals surface area (Å²) in [7, 11) is 0. The second kappa shape index (κ2) is 18.9. The van der Waals surface area contributed by atoms with Crippen molar-refractivity contribution in [2.45, 2.75) is 13.1 Å². The van der Waals surface area contributed by atoms with E-state index in [0.29, 0.717) is 13.1 Å². The minimum absolute atomic E-state index is 0. The topological polar surface area (TPSA) is 151 Å². The summed E-state index contributed by atoms with van der Waals surface area (Å²) < 4.78 is 0. The molecule has 5 rings (SSSR count). The fourth-order valence-electron chi connectivity index (χ4n) is 4.20. The number of nitrogens with one attached hydrogen (secondary N) is 2. The van der Waals surface area contributed by atoms with E-state index in [1.165, 1.54) is 0 Å². The highest BCUT2D eigenvalue weighted by Gasteiger charge is 2.11. The third-order valence-corrected chi connectivity index (χ3v) is 6.12. The molecule has 0 fully saturated rings. The lowest BCUT2D eigenvalue weighted by atomic mass is 9.92. The van der Waals surface area contributed by atoms with Gasteiger partial charge in [-0.25, -0.2) is 20.8 Å². The van der Waals surface area contributed by atoms with Gasteiger partial charge in [-0.05, 0) is 56.9 Å². The van der Waals surface area contributed by atoms with E-state index in [4.69, 9.17) is 11.5 Å². The summed E-state index contributed by atoms with van der Waals surface area (Å²) in [5.74, 6) is 0.444. The molecule has 44 heavy (non-hydrogen) atoms. The van der Waals surface area contributed by atoms with Crippen LogP contribution >= 0.6 is 49.6 Å². The fraction of sp³-hybridized carbons (Fsp3) is 0.0667. The van der Waals surface area contributed by atoms with Gasteiger partial charge in [0.1, 0.15) is 0 Å². The lowest BCUT2D eigenvalue weighted by molar-refractivity contribution is 0.961. The number of fused-ring (bicyclic) bond motifs is 2. The van der Waals surface area contributed by atoms with Crippen molar-refractivity contribution in [1.82, 2.24) is 20.8 Å². The zero-order valence-corrected chi connectivity index (χ0v) is 26.5. The molecule has 0 saturated carbocycles. The molecule has 0 aliphatic carbocycles. The second-order valence-corrected chi connectivity index (χ2v) is 8.77. The quantitative estimate of drug-likeness (QED) is 0.0755. The van der Waals surface area contributed by atoms with Crippen molar-refractivity contribution < 1.29 is 0 Å². The van der Waals surface area contributed by atoms with Crippen molar-refractivity contribution in [3.05, 3.63) is 120 Å². The summed E-state index contributed by atoms with van der Waals surface area (Å²) in [5.41, 5.74) is 21.6. The summed E-state index contributed by atoms with van der Waals surface area (Å²) in [5, 5.41) is 12.8. The molecule has 0 aliphatic heterocycles. The number of pyridine rings is 2. The van der Waals surface area contributed by atoms with Crippen LogP contribution in [0.4, 0.5) is 0 Å². The van der Waals surface area contributed by atoms with Crippen LogP contribution in [0.1, 0.15) is 22.3 Å². The van der Waals surface area contributed by atoms with Crippen LogP contribution in [-0.4, -0.2) is 34.3 Å². The molecule has 0 radical (unpaired) electrons. The number of guanidine groups is 2. The predicted molar refractivity (Wildman–Crippen MR) is 191 cm³/mol. The number of aliphatic imine (C=N–C) groups is 2. The molecule has 14 heteroatoms. The summed E-state index contributed by atoms with van der Waals surface area (Å²) in [4.78, 5) is 16.7. The Hall–Kier alpha value is -4.48. The molecule has 6 N–H and O–H groups in total. The van der Waals surface area contributed by atoms with Crippen molar-refractivity contribution in [1.29, 1.82) is 0 Å². The Balaban J connectivity index is 0.00000242. The first-order chi connectivity index (χ1) is 19.7. The first kappa shape index (κ1) is 37.5. The Morgan fingerprint density at radius 3 is 1.18 bits per heavy atom. The van der Waals surface area contributed by atoms with Gasteiger partial charge in [0.2, 0.25) is 11.9 Å².